The molecular formula is C10H19NO4. The lowest BCUT2D eigenvalue weighted by Gasteiger charge is -2.42. The largest absolute Gasteiger partial charge is 0.479 e. The molecule has 1 aliphatic rings. The van der Waals surface area contributed by atoms with Crippen molar-refractivity contribution in [3.63, 3.8) is 0 Å². The molecule has 0 aliphatic carbocycles. The van der Waals surface area contributed by atoms with Gasteiger partial charge >= 0.3 is 5.97 Å². The van der Waals surface area contributed by atoms with Crippen LogP contribution < -0.4 is 0 Å². The van der Waals surface area contributed by atoms with E-state index in [1.807, 2.05) is 0 Å². The van der Waals surface area contributed by atoms with Gasteiger partial charge in [-0.3, -0.25) is 4.79 Å². The Kier molecular flexibility index (Phi) is 5.28. The van der Waals surface area contributed by atoms with Gasteiger partial charge in [-0.15, -0.1) is 0 Å². The molecule has 0 aromatic carbocycles. The third-order valence-electron chi connectivity index (χ3n) is 2.25. The maximum Gasteiger partial charge on any atom is 0.339 e. The predicted octanol–water partition coefficient (Wildman–Crippen LogP) is 0.471. The number of unbranched alkanes of at least 4 members (excludes halogenated alkanes) is 1. The quantitative estimate of drug-likeness (QED) is 0.704. The molecule has 0 aromatic heterocycles. The first-order valence-corrected chi connectivity index (χ1v) is 5.08. The van der Waals surface area contributed by atoms with Crippen molar-refractivity contribution >= 4 is 11.9 Å². The summed E-state index contributed by atoms with van der Waals surface area (Å²) in [5, 5.41) is 17.5. The number of hydrogen-bond acceptors (Lipinski definition) is 3. The van der Waals surface area contributed by atoms with Gasteiger partial charge in [0.25, 0.3) is 0 Å². The van der Waals surface area contributed by atoms with Crippen LogP contribution in [-0.4, -0.2) is 45.7 Å². The van der Waals surface area contributed by atoms with Crippen molar-refractivity contribution in [2.75, 3.05) is 13.1 Å². The van der Waals surface area contributed by atoms with Crippen molar-refractivity contribution in [2.45, 2.75) is 39.2 Å². The molecule has 88 valence electrons. The van der Waals surface area contributed by atoms with E-state index in [9.17, 15) is 9.59 Å². The molecule has 1 rings (SSSR count). The second-order valence-electron chi connectivity index (χ2n) is 3.71. The summed E-state index contributed by atoms with van der Waals surface area (Å²) < 4.78 is 0. The molecule has 5 nitrogen and oxygen atoms in total. The summed E-state index contributed by atoms with van der Waals surface area (Å²) in [7, 11) is 0. The van der Waals surface area contributed by atoms with Crippen LogP contribution in [0.5, 0.6) is 0 Å². The Balaban J connectivity index is 0.000000423. The number of likely N-dealkylation sites (tertiary alicyclic amines) is 1. The predicted molar refractivity (Wildman–Crippen MR) is 55.4 cm³/mol. The zero-order valence-corrected chi connectivity index (χ0v) is 9.49. The van der Waals surface area contributed by atoms with E-state index in [1.54, 1.807) is 0 Å². The third-order valence-corrected chi connectivity index (χ3v) is 2.25. The molecule has 1 fully saturated rings. The van der Waals surface area contributed by atoms with Crippen molar-refractivity contribution < 1.29 is 19.8 Å². The van der Waals surface area contributed by atoms with Crippen LogP contribution in [0.15, 0.2) is 0 Å². The number of rotatable bonds is 2. The number of hydrogen-bond donors (Lipinski definition) is 2. The monoisotopic (exact) mass is 217 g/mol. The highest BCUT2D eigenvalue weighted by atomic mass is 16.4. The number of carboxylic acid groups (broad SMARTS) is 1. The Bertz CT molecular complexity index is 232. The Hall–Kier alpha value is -1.10. The van der Waals surface area contributed by atoms with Crippen LogP contribution >= 0.6 is 0 Å². The molecule has 15 heavy (non-hydrogen) atoms. The van der Waals surface area contributed by atoms with E-state index in [0.29, 0.717) is 0 Å². The second-order valence-corrected chi connectivity index (χ2v) is 3.71. The molecule has 1 aliphatic heterocycles. The minimum absolute atomic E-state index is 0.0995. The Morgan fingerprint density at radius 1 is 1.27 bits per heavy atom. The number of aliphatic hydroxyl groups is 1. The molecule has 0 spiro atoms. The summed E-state index contributed by atoms with van der Waals surface area (Å²) in [6.07, 6.45) is 2.64. The van der Waals surface area contributed by atoms with Crippen molar-refractivity contribution in [2.24, 2.45) is 0 Å². The van der Waals surface area contributed by atoms with Crippen LogP contribution in [0.1, 0.15) is 33.6 Å². The van der Waals surface area contributed by atoms with Crippen molar-refractivity contribution in [3.05, 3.63) is 0 Å². The van der Waals surface area contributed by atoms with Crippen LogP contribution in [0.3, 0.4) is 0 Å². The molecule has 1 amide bonds. The van der Waals surface area contributed by atoms with Crippen LogP contribution in [0, 0.1) is 0 Å². The zero-order valence-electron chi connectivity index (χ0n) is 9.49. The van der Waals surface area contributed by atoms with E-state index in [-0.39, 0.29) is 19.0 Å². The first-order valence-electron chi connectivity index (χ1n) is 5.08. The van der Waals surface area contributed by atoms with Gasteiger partial charge in [0.15, 0.2) is 5.60 Å². The molecule has 1 saturated heterocycles. The summed E-state index contributed by atoms with van der Waals surface area (Å²) in [6.45, 7) is 5.50. The average Bonchev–Trinajstić information content (AvgIpc) is 2.12. The number of β-amino-alcohol motifs (C(OH)–C–C–N with tert-alkyl or cyclic N) is 1. The van der Waals surface area contributed by atoms with E-state index >= 15 is 0 Å². The number of carbonyl (C=O) groups is 2. The maximum atomic E-state index is 10.6. The van der Waals surface area contributed by atoms with Crippen LogP contribution in [-0.2, 0) is 9.59 Å². The summed E-state index contributed by atoms with van der Waals surface area (Å²) in [5.74, 6) is -1.48. The fraction of sp³-hybridized carbons (Fsp3) is 0.800. The van der Waals surface area contributed by atoms with E-state index in [2.05, 4.69) is 13.8 Å². The van der Waals surface area contributed by atoms with Crippen LogP contribution in [0.2, 0.25) is 0 Å². The van der Waals surface area contributed by atoms with Gasteiger partial charge in [-0.25, -0.2) is 4.79 Å². The van der Waals surface area contributed by atoms with Gasteiger partial charge in [0.05, 0.1) is 13.1 Å². The number of aliphatic carboxylic acids is 1. The van der Waals surface area contributed by atoms with Crippen molar-refractivity contribution in [1.29, 1.82) is 0 Å². The first kappa shape index (κ1) is 13.9. The lowest BCUT2D eigenvalue weighted by Crippen LogP contribution is -2.67. The van der Waals surface area contributed by atoms with Gasteiger partial charge in [-0.1, -0.05) is 26.7 Å². The zero-order chi connectivity index (χ0) is 12.1. The fourth-order valence-corrected chi connectivity index (χ4v) is 0.943. The van der Waals surface area contributed by atoms with E-state index in [1.165, 1.54) is 24.7 Å². The summed E-state index contributed by atoms with van der Waals surface area (Å²) in [6, 6.07) is 0. The average molecular weight is 217 g/mol. The second kappa shape index (κ2) is 5.70. The summed E-state index contributed by atoms with van der Waals surface area (Å²) >= 11 is 0. The molecule has 0 saturated carbocycles. The maximum absolute atomic E-state index is 10.6. The van der Waals surface area contributed by atoms with Gasteiger partial charge in [-0.2, -0.15) is 0 Å². The highest BCUT2D eigenvalue weighted by Gasteiger charge is 2.49. The van der Waals surface area contributed by atoms with Gasteiger partial charge in [0.2, 0.25) is 5.91 Å². The molecule has 1 heterocycles. The molecule has 0 unspecified atom stereocenters. The lowest BCUT2D eigenvalue weighted by atomic mass is 9.95. The van der Waals surface area contributed by atoms with Gasteiger partial charge in [0.1, 0.15) is 0 Å². The highest BCUT2D eigenvalue weighted by Crippen LogP contribution is 2.20. The Morgan fingerprint density at radius 3 is 1.87 bits per heavy atom. The molecule has 5 heteroatoms. The Morgan fingerprint density at radius 2 is 1.67 bits per heavy atom. The van der Waals surface area contributed by atoms with Gasteiger partial charge < -0.3 is 15.1 Å². The smallest absolute Gasteiger partial charge is 0.339 e. The third kappa shape index (κ3) is 3.87. The molecular weight excluding hydrogens is 198 g/mol. The minimum atomic E-state index is -1.70. The summed E-state index contributed by atoms with van der Waals surface area (Å²) in [5.41, 5.74) is -1.70. The van der Waals surface area contributed by atoms with Crippen LogP contribution in [0.4, 0.5) is 0 Å². The van der Waals surface area contributed by atoms with E-state index in [4.69, 9.17) is 10.2 Å². The molecule has 0 radical (unpaired) electrons. The highest BCUT2D eigenvalue weighted by molar-refractivity contribution is 5.84. The topological polar surface area (TPSA) is 77.8 Å². The lowest BCUT2D eigenvalue weighted by molar-refractivity contribution is -0.181. The van der Waals surface area contributed by atoms with Crippen molar-refractivity contribution in [3.8, 4) is 0 Å². The van der Waals surface area contributed by atoms with Gasteiger partial charge in [0, 0.05) is 6.92 Å². The number of carbonyl (C=O) groups excluding carboxylic acids is 1. The normalized spacial score (nSPS) is 17.2. The SMILES string of the molecule is CC(=O)N1CC(O)(C(=O)O)C1.CCCC. The van der Waals surface area contributed by atoms with E-state index in [0.717, 1.165) is 0 Å². The molecule has 0 aromatic rings. The standard InChI is InChI=1S/C6H9NO4.C4H10/c1-4(8)7-2-6(11,3-7)5(9)10;1-3-4-2/h11H,2-3H2,1H3,(H,9,10);3-4H2,1-2H3. The first-order chi connectivity index (χ1) is 6.87. The summed E-state index contributed by atoms with van der Waals surface area (Å²) in [4.78, 5) is 22.1. The number of amides is 1. The minimum Gasteiger partial charge on any atom is -0.479 e. The van der Waals surface area contributed by atoms with Crippen LogP contribution in [0.25, 0.3) is 0 Å². The van der Waals surface area contributed by atoms with E-state index < -0.39 is 11.6 Å². The number of nitrogens with zero attached hydrogens (tertiary/aromatic N) is 1. The molecule has 0 atom stereocenters. The van der Waals surface area contributed by atoms with Gasteiger partial charge in [-0.05, 0) is 0 Å². The fourth-order valence-electron chi connectivity index (χ4n) is 0.943. The molecule has 2 N–H and O–H groups in total. The van der Waals surface area contributed by atoms with Crippen molar-refractivity contribution in [1.82, 2.24) is 4.90 Å². The molecule has 0 bridgehead atoms. The Labute approximate surface area is 89.7 Å². The number of carboxylic acids is 1.